The molecule has 1 aliphatic rings. The Hall–Kier alpha value is -0.870. The summed E-state index contributed by atoms with van der Waals surface area (Å²) in [5.74, 6) is 0. The van der Waals surface area contributed by atoms with E-state index < -0.39 is 0 Å². The molecule has 17 heavy (non-hydrogen) atoms. The Labute approximate surface area is 104 Å². The van der Waals surface area contributed by atoms with Gasteiger partial charge in [0.1, 0.15) is 0 Å². The second-order valence-electron chi connectivity index (χ2n) is 5.27. The largest absolute Gasteiger partial charge is 0.307 e. The minimum absolute atomic E-state index is 0.400. The number of piperidine rings is 1. The Bertz CT molecular complexity index is 363. The smallest absolute Gasteiger partial charge is 0.0540 e. The maximum absolute atomic E-state index is 4.31. The predicted molar refractivity (Wildman–Crippen MR) is 70.0 cm³/mol. The van der Waals surface area contributed by atoms with Gasteiger partial charge < -0.3 is 10.2 Å². The monoisotopic (exact) mass is 236 g/mol. The summed E-state index contributed by atoms with van der Waals surface area (Å²) in [5.41, 5.74) is 2.59. The van der Waals surface area contributed by atoms with Crippen molar-refractivity contribution in [3.05, 3.63) is 17.5 Å². The van der Waals surface area contributed by atoms with Gasteiger partial charge in [-0.2, -0.15) is 5.10 Å². The third-order valence-electron chi connectivity index (χ3n) is 3.94. The van der Waals surface area contributed by atoms with Crippen molar-refractivity contribution < 1.29 is 0 Å². The van der Waals surface area contributed by atoms with Crippen LogP contribution in [-0.2, 0) is 7.05 Å². The number of likely N-dealkylation sites (tertiary alicyclic amines) is 1. The van der Waals surface area contributed by atoms with E-state index in [0.29, 0.717) is 12.1 Å². The van der Waals surface area contributed by atoms with Crippen molar-refractivity contribution >= 4 is 0 Å². The van der Waals surface area contributed by atoms with Crippen molar-refractivity contribution in [2.45, 2.75) is 38.8 Å². The molecule has 1 fully saturated rings. The van der Waals surface area contributed by atoms with Gasteiger partial charge in [0.25, 0.3) is 0 Å². The van der Waals surface area contributed by atoms with Gasteiger partial charge in [-0.15, -0.1) is 0 Å². The fourth-order valence-electron chi connectivity index (χ4n) is 2.56. The van der Waals surface area contributed by atoms with Crippen LogP contribution < -0.4 is 5.32 Å². The van der Waals surface area contributed by atoms with Crippen molar-refractivity contribution in [1.82, 2.24) is 20.0 Å². The Balaban J connectivity index is 1.93. The number of aryl methyl sites for hydroxylation is 1. The summed E-state index contributed by atoms with van der Waals surface area (Å²) in [6, 6.07) is 1.05. The van der Waals surface area contributed by atoms with Crippen molar-refractivity contribution in [3.63, 3.8) is 0 Å². The molecule has 1 saturated heterocycles. The van der Waals surface area contributed by atoms with Gasteiger partial charge in [0.2, 0.25) is 0 Å². The first-order chi connectivity index (χ1) is 8.08. The first-order valence-electron chi connectivity index (χ1n) is 6.51. The molecule has 96 valence electrons. The Morgan fingerprint density at radius 3 is 2.53 bits per heavy atom. The molecule has 1 aliphatic heterocycles. The molecular formula is C13H24N4. The zero-order chi connectivity index (χ0) is 12.4. The van der Waals surface area contributed by atoms with Crippen LogP contribution in [0.3, 0.4) is 0 Å². The number of aromatic nitrogens is 2. The highest BCUT2D eigenvalue weighted by Crippen LogP contribution is 2.19. The average molecular weight is 236 g/mol. The van der Waals surface area contributed by atoms with Crippen LogP contribution in [0.25, 0.3) is 0 Å². The van der Waals surface area contributed by atoms with Crippen LogP contribution in [0.1, 0.15) is 37.1 Å². The van der Waals surface area contributed by atoms with E-state index in [-0.39, 0.29) is 0 Å². The van der Waals surface area contributed by atoms with E-state index in [0.717, 1.165) is 0 Å². The summed E-state index contributed by atoms with van der Waals surface area (Å²) >= 11 is 0. The van der Waals surface area contributed by atoms with Crippen LogP contribution >= 0.6 is 0 Å². The van der Waals surface area contributed by atoms with Gasteiger partial charge in [-0.05, 0) is 46.8 Å². The van der Waals surface area contributed by atoms with E-state index in [9.17, 15) is 0 Å². The minimum Gasteiger partial charge on any atom is -0.307 e. The standard InChI is InChI=1S/C13H24N4/c1-10(13-9-14-17(4)11(13)2)15-12-5-7-16(3)8-6-12/h9-10,12,15H,5-8H2,1-4H3. The summed E-state index contributed by atoms with van der Waals surface area (Å²) < 4.78 is 1.95. The van der Waals surface area contributed by atoms with Gasteiger partial charge in [-0.3, -0.25) is 4.68 Å². The molecule has 0 amide bonds. The maximum Gasteiger partial charge on any atom is 0.0540 e. The molecule has 1 aromatic heterocycles. The van der Waals surface area contributed by atoms with Gasteiger partial charge in [0.05, 0.1) is 6.20 Å². The summed E-state index contributed by atoms with van der Waals surface area (Å²) in [4.78, 5) is 2.40. The van der Waals surface area contributed by atoms with Crippen LogP contribution in [-0.4, -0.2) is 40.9 Å². The third-order valence-corrected chi connectivity index (χ3v) is 3.94. The highest BCUT2D eigenvalue weighted by molar-refractivity contribution is 5.19. The summed E-state index contributed by atoms with van der Waals surface area (Å²) in [6.07, 6.45) is 4.49. The van der Waals surface area contributed by atoms with Gasteiger partial charge >= 0.3 is 0 Å². The second kappa shape index (κ2) is 5.19. The van der Waals surface area contributed by atoms with Gasteiger partial charge in [-0.25, -0.2) is 0 Å². The molecule has 1 atom stereocenters. The maximum atomic E-state index is 4.31. The lowest BCUT2D eigenvalue weighted by Gasteiger charge is -2.31. The van der Waals surface area contributed by atoms with Crippen LogP contribution in [0.15, 0.2) is 6.20 Å². The molecule has 0 spiro atoms. The molecule has 1 unspecified atom stereocenters. The van der Waals surface area contributed by atoms with E-state index >= 15 is 0 Å². The summed E-state index contributed by atoms with van der Waals surface area (Å²) in [5, 5.41) is 8.04. The van der Waals surface area contributed by atoms with Gasteiger partial charge in [-0.1, -0.05) is 0 Å². The molecule has 0 bridgehead atoms. The highest BCUT2D eigenvalue weighted by atomic mass is 15.3. The molecule has 2 rings (SSSR count). The van der Waals surface area contributed by atoms with Crippen molar-refractivity contribution in [2.75, 3.05) is 20.1 Å². The van der Waals surface area contributed by atoms with Gasteiger partial charge in [0.15, 0.2) is 0 Å². The lowest BCUT2D eigenvalue weighted by molar-refractivity contribution is 0.226. The quantitative estimate of drug-likeness (QED) is 0.863. The average Bonchev–Trinajstić information content (AvgIpc) is 2.63. The molecule has 2 heterocycles. The lowest BCUT2D eigenvalue weighted by atomic mass is 10.0. The molecule has 4 heteroatoms. The van der Waals surface area contributed by atoms with E-state index in [1.807, 2.05) is 17.9 Å². The molecule has 0 radical (unpaired) electrons. The number of nitrogens with one attached hydrogen (secondary N) is 1. The van der Waals surface area contributed by atoms with Crippen molar-refractivity contribution in [1.29, 1.82) is 0 Å². The predicted octanol–water partition coefficient (Wildman–Crippen LogP) is 1.47. The number of hydrogen-bond donors (Lipinski definition) is 1. The number of nitrogens with zero attached hydrogens (tertiary/aromatic N) is 3. The number of hydrogen-bond acceptors (Lipinski definition) is 3. The Kier molecular flexibility index (Phi) is 3.84. The first-order valence-corrected chi connectivity index (χ1v) is 6.51. The first kappa shape index (κ1) is 12.6. The Morgan fingerprint density at radius 2 is 2.00 bits per heavy atom. The lowest BCUT2D eigenvalue weighted by Crippen LogP contribution is -2.41. The SMILES string of the molecule is Cc1c(C(C)NC2CCN(C)CC2)cnn1C. The van der Waals surface area contributed by atoms with E-state index in [1.54, 1.807) is 0 Å². The van der Waals surface area contributed by atoms with Gasteiger partial charge in [0, 0.05) is 30.4 Å². The molecule has 4 nitrogen and oxygen atoms in total. The topological polar surface area (TPSA) is 33.1 Å². The van der Waals surface area contributed by atoms with Crippen molar-refractivity contribution in [3.8, 4) is 0 Å². The minimum atomic E-state index is 0.400. The fraction of sp³-hybridized carbons (Fsp3) is 0.769. The zero-order valence-electron chi connectivity index (χ0n) is 11.4. The molecule has 0 aliphatic carbocycles. The zero-order valence-corrected chi connectivity index (χ0v) is 11.4. The fourth-order valence-corrected chi connectivity index (χ4v) is 2.56. The Morgan fingerprint density at radius 1 is 1.35 bits per heavy atom. The molecule has 0 saturated carbocycles. The van der Waals surface area contributed by atoms with E-state index in [2.05, 4.69) is 36.2 Å². The van der Waals surface area contributed by atoms with E-state index in [1.165, 1.54) is 37.2 Å². The van der Waals surface area contributed by atoms with E-state index in [4.69, 9.17) is 0 Å². The van der Waals surface area contributed by atoms with Crippen LogP contribution in [0.4, 0.5) is 0 Å². The second-order valence-corrected chi connectivity index (χ2v) is 5.27. The van der Waals surface area contributed by atoms with Crippen LogP contribution in [0.2, 0.25) is 0 Å². The third kappa shape index (κ3) is 2.87. The summed E-state index contributed by atoms with van der Waals surface area (Å²) in [7, 11) is 4.20. The van der Waals surface area contributed by atoms with Crippen LogP contribution in [0.5, 0.6) is 0 Å². The molecule has 0 aromatic carbocycles. The highest BCUT2D eigenvalue weighted by Gasteiger charge is 2.20. The van der Waals surface area contributed by atoms with Crippen LogP contribution in [0, 0.1) is 6.92 Å². The normalized spacial score (nSPS) is 20.7. The number of rotatable bonds is 3. The van der Waals surface area contributed by atoms with Crippen molar-refractivity contribution in [2.24, 2.45) is 7.05 Å². The summed E-state index contributed by atoms with van der Waals surface area (Å²) in [6.45, 7) is 6.78. The molecule has 1 N–H and O–H groups in total. The molecule has 1 aromatic rings. The molecular weight excluding hydrogens is 212 g/mol.